The summed E-state index contributed by atoms with van der Waals surface area (Å²) in [5, 5.41) is 8.56. The number of primary amides is 1. The average molecular weight is 297 g/mol. The number of hydrogen-bond acceptors (Lipinski definition) is 3. The minimum atomic E-state index is -4.70. The van der Waals surface area contributed by atoms with Crippen molar-refractivity contribution in [3.63, 3.8) is 0 Å². The number of likely N-dealkylation sites (tertiary alicyclic amines) is 1. The van der Waals surface area contributed by atoms with Crippen LogP contribution >= 0.6 is 0 Å². The van der Waals surface area contributed by atoms with Crippen molar-refractivity contribution in [2.45, 2.75) is 12.6 Å². The van der Waals surface area contributed by atoms with Crippen LogP contribution in [0.4, 0.5) is 18.0 Å². The highest BCUT2D eigenvalue weighted by molar-refractivity contribution is 5.82. The molecule has 0 saturated carbocycles. The molecule has 0 spiro atoms. The zero-order valence-electron chi connectivity index (χ0n) is 10.4. The largest absolute Gasteiger partial charge is 0.480 e. The number of alkyl halides is 3. The molecule has 1 unspecified atom stereocenters. The topological polar surface area (TPSA) is 104 Å². The van der Waals surface area contributed by atoms with E-state index in [0.29, 0.717) is 0 Å². The van der Waals surface area contributed by atoms with E-state index in [2.05, 4.69) is 0 Å². The van der Waals surface area contributed by atoms with Gasteiger partial charge in [0.1, 0.15) is 13.1 Å². The van der Waals surface area contributed by atoms with Gasteiger partial charge in [0.05, 0.1) is 5.92 Å². The molecule has 1 fully saturated rings. The Kier molecular flexibility index (Phi) is 4.79. The van der Waals surface area contributed by atoms with Gasteiger partial charge in [-0.25, -0.2) is 4.79 Å². The maximum absolute atomic E-state index is 12.3. The number of carbonyl (C=O) groups is 3. The smallest absolute Gasteiger partial charge is 0.406 e. The van der Waals surface area contributed by atoms with Crippen molar-refractivity contribution in [1.82, 2.24) is 9.80 Å². The van der Waals surface area contributed by atoms with Gasteiger partial charge in [0.2, 0.25) is 5.91 Å². The van der Waals surface area contributed by atoms with Crippen LogP contribution in [0.25, 0.3) is 0 Å². The fourth-order valence-electron chi connectivity index (χ4n) is 1.94. The summed E-state index contributed by atoms with van der Waals surface area (Å²) in [7, 11) is 0. The van der Waals surface area contributed by atoms with Crippen LogP contribution < -0.4 is 5.73 Å². The third-order valence-electron chi connectivity index (χ3n) is 2.83. The summed E-state index contributed by atoms with van der Waals surface area (Å²) in [6.45, 7) is -2.74. The van der Waals surface area contributed by atoms with E-state index in [-0.39, 0.29) is 24.4 Å². The first-order valence-corrected chi connectivity index (χ1v) is 5.72. The van der Waals surface area contributed by atoms with E-state index in [1.165, 1.54) is 0 Å². The molecule has 0 aromatic heterocycles. The molecule has 10 heteroatoms. The van der Waals surface area contributed by atoms with Gasteiger partial charge in [-0.15, -0.1) is 0 Å². The molecule has 0 radical (unpaired) electrons. The quantitative estimate of drug-likeness (QED) is 0.753. The Bertz CT molecular complexity index is 413. The van der Waals surface area contributed by atoms with Crippen molar-refractivity contribution >= 4 is 17.9 Å². The predicted octanol–water partition coefficient (Wildman–Crippen LogP) is -0.137. The molecule has 3 amide bonds. The van der Waals surface area contributed by atoms with Crippen molar-refractivity contribution in [3.05, 3.63) is 0 Å². The van der Waals surface area contributed by atoms with Gasteiger partial charge in [0.15, 0.2) is 0 Å². The zero-order valence-corrected chi connectivity index (χ0v) is 10.4. The summed E-state index contributed by atoms with van der Waals surface area (Å²) in [5.41, 5.74) is 5.05. The van der Waals surface area contributed by atoms with Crippen LogP contribution in [-0.2, 0) is 9.59 Å². The van der Waals surface area contributed by atoms with Crippen molar-refractivity contribution in [1.29, 1.82) is 0 Å². The molecule has 1 aliphatic rings. The van der Waals surface area contributed by atoms with Gasteiger partial charge in [0.25, 0.3) is 0 Å². The zero-order chi connectivity index (χ0) is 15.5. The molecule has 0 bridgehead atoms. The number of amides is 3. The van der Waals surface area contributed by atoms with Crippen molar-refractivity contribution in [2.75, 3.05) is 26.2 Å². The van der Waals surface area contributed by atoms with Crippen LogP contribution in [0.2, 0.25) is 0 Å². The Hall–Kier alpha value is -2.00. The third kappa shape index (κ3) is 4.59. The number of carboxylic acids is 1. The second-order valence-electron chi connectivity index (χ2n) is 4.48. The highest BCUT2D eigenvalue weighted by Crippen LogP contribution is 2.21. The fraction of sp³-hybridized carbons (Fsp3) is 0.700. The number of hydrogen-bond donors (Lipinski definition) is 2. The van der Waals surface area contributed by atoms with Gasteiger partial charge in [-0.3, -0.25) is 9.59 Å². The van der Waals surface area contributed by atoms with Crippen molar-refractivity contribution in [2.24, 2.45) is 11.7 Å². The van der Waals surface area contributed by atoms with Gasteiger partial charge in [-0.05, 0) is 6.42 Å². The Labute approximate surface area is 112 Å². The van der Waals surface area contributed by atoms with Crippen LogP contribution in [0.15, 0.2) is 0 Å². The lowest BCUT2D eigenvalue weighted by atomic mass is 10.1. The average Bonchev–Trinajstić information content (AvgIpc) is 2.73. The van der Waals surface area contributed by atoms with Crippen LogP contribution in [0.3, 0.4) is 0 Å². The summed E-state index contributed by atoms with van der Waals surface area (Å²) in [6, 6.07) is -1.06. The summed E-state index contributed by atoms with van der Waals surface area (Å²) in [6.07, 6.45) is -4.44. The number of nitrogens with zero attached hydrogens (tertiary/aromatic N) is 2. The van der Waals surface area contributed by atoms with Crippen molar-refractivity contribution in [3.8, 4) is 0 Å². The molecule has 20 heavy (non-hydrogen) atoms. The van der Waals surface area contributed by atoms with E-state index in [4.69, 9.17) is 10.8 Å². The second kappa shape index (κ2) is 5.97. The SMILES string of the molecule is NC(=O)C1CCN(C(=O)N(CC(=O)O)CC(F)(F)F)C1. The number of nitrogens with two attached hydrogens (primary N) is 1. The van der Waals surface area contributed by atoms with Crippen LogP contribution in [-0.4, -0.2) is 65.2 Å². The van der Waals surface area contributed by atoms with Crippen LogP contribution in [0.5, 0.6) is 0 Å². The number of halogens is 3. The molecular formula is C10H14F3N3O4. The molecule has 0 aromatic rings. The number of carboxylic acid groups (broad SMARTS) is 1. The minimum absolute atomic E-state index is 0.0699. The molecule has 1 heterocycles. The van der Waals surface area contributed by atoms with E-state index in [1.807, 2.05) is 0 Å². The predicted molar refractivity (Wildman–Crippen MR) is 59.5 cm³/mol. The van der Waals surface area contributed by atoms with E-state index < -0.39 is 43.1 Å². The lowest BCUT2D eigenvalue weighted by Gasteiger charge is -2.27. The molecule has 1 atom stereocenters. The first kappa shape index (κ1) is 16.1. The van der Waals surface area contributed by atoms with Gasteiger partial charge >= 0.3 is 18.2 Å². The molecule has 3 N–H and O–H groups in total. The molecule has 0 aromatic carbocycles. The minimum Gasteiger partial charge on any atom is -0.480 e. The lowest BCUT2D eigenvalue weighted by Crippen LogP contribution is -2.48. The molecular weight excluding hydrogens is 283 g/mol. The highest BCUT2D eigenvalue weighted by atomic mass is 19.4. The summed E-state index contributed by atoms with van der Waals surface area (Å²) in [5.74, 6) is -2.80. The lowest BCUT2D eigenvalue weighted by molar-refractivity contribution is -0.149. The van der Waals surface area contributed by atoms with E-state index >= 15 is 0 Å². The summed E-state index contributed by atoms with van der Waals surface area (Å²) >= 11 is 0. The maximum atomic E-state index is 12.3. The monoisotopic (exact) mass is 297 g/mol. The molecule has 1 aliphatic heterocycles. The van der Waals surface area contributed by atoms with Gasteiger partial charge < -0.3 is 20.6 Å². The number of rotatable bonds is 4. The normalized spacial score (nSPS) is 18.9. The van der Waals surface area contributed by atoms with E-state index in [0.717, 1.165) is 4.90 Å². The van der Waals surface area contributed by atoms with Crippen LogP contribution in [0.1, 0.15) is 6.42 Å². The second-order valence-corrected chi connectivity index (χ2v) is 4.48. The Morgan fingerprint density at radius 2 is 1.95 bits per heavy atom. The van der Waals surface area contributed by atoms with Gasteiger partial charge in [-0.2, -0.15) is 13.2 Å². The molecule has 7 nitrogen and oxygen atoms in total. The Morgan fingerprint density at radius 3 is 2.35 bits per heavy atom. The Morgan fingerprint density at radius 1 is 1.35 bits per heavy atom. The maximum Gasteiger partial charge on any atom is 0.406 e. The number of urea groups is 1. The number of aliphatic carboxylic acids is 1. The first-order valence-electron chi connectivity index (χ1n) is 5.72. The first-order chi connectivity index (χ1) is 9.10. The standard InChI is InChI=1S/C10H14F3N3O4/c11-10(12,13)5-16(4-7(17)18)9(20)15-2-1-6(3-15)8(14)19/h6H,1-5H2,(H2,14,19)(H,17,18). The molecule has 0 aliphatic carbocycles. The summed E-state index contributed by atoms with van der Waals surface area (Å²) in [4.78, 5) is 34.5. The Balaban J connectivity index is 2.73. The molecule has 1 rings (SSSR count). The number of carbonyl (C=O) groups excluding carboxylic acids is 2. The van der Waals surface area contributed by atoms with Gasteiger partial charge in [-0.1, -0.05) is 0 Å². The van der Waals surface area contributed by atoms with E-state index in [9.17, 15) is 27.6 Å². The highest BCUT2D eigenvalue weighted by Gasteiger charge is 2.38. The fourth-order valence-corrected chi connectivity index (χ4v) is 1.94. The van der Waals surface area contributed by atoms with Crippen molar-refractivity contribution < 1.29 is 32.7 Å². The summed E-state index contributed by atoms with van der Waals surface area (Å²) < 4.78 is 37.0. The molecule has 114 valence electrons. The van der Waals surface area contributed by atoms with Crippen LogP contribution in [0, 0.1) is 5.92 Å². The van der Waals surface area contributed by atoms with E-state index in [1.54, 1.807) is 0 Å². The van der Waals surface area contributed by atoms with Gasteiger partial charge in [0, 0.05) is 13.1 Å². The molecule has 1 saturated heterocycles. The third-order valence-corrected chi connectivity index (χ3v) is 2.83.